The van der Waals surface area contributed by atoms with E-state index in [1.807, 2.05) is 0 Å². The number of nitrogens with one attached hydrogen (secondary N) is 2. The summed E-state index contributed by atoms with van der Waals surface area (Å²) in [5, 5.41) is 5.97. The van der Waals surface area contributed by atoms with Crippen molar-refractivity contribution in [3.05, 3.63) is 12.2 Å². The topological polar surface area (TPSA) is 53.6 Å². The van der Waals surface area contributed by atoms with Gasteiger partial charge in [0.25, 0.3) is 0 Å². The predicted molar refractivity (Wildman–Crippen MR) is 79.8 cm³/mol. The van der Waals surface area contributed by atoms with E-state index in [-0.39, 0.29) is 12.1 Å². The number of likely N-dealkylation sites (tertiary alicyclic amines) is 1. The lowest BCUT2D eigenvalue weighted by molar-refractivity contribution is 0.111. The molecule has 2 aliphatic heterocycles. The minimum atomic E-state index is -0.0566. The molecule has 0 bridgehead atoms. The van der Waals surface area contributed by atoms with Crippen LogP contribution in [0.4, 0.5) is 4.79 Å². The summed E-state index contributed by atoms with van der Waals surface area (Å²) in [6.07, 6.45) is 4.40. The second kappa shape index (κ2) is 7.64. The van der Waals surface area contributed by atoms with Crippen LogP contribution >= 0.6 is 0 Å². The Kier molecular flexibility index (Phi) is 5.86. The molecule has 2 rings (SSSR count). The Balaban J connectivity index is 1.59. The lowest BCUT2D eigenvalue weighted by atomic mass is 10.0. The van der Waals surface area contributed by atoms with Crippen LogP contribution in [0.25, 0.3) is 0 Å². The van der Waals surface area contributed by atoms with E-state index >= 15 is 0 Å². The van der Waals surface area contributed by atoms with Gasteiger partial charge in [0.1, 0.15) is 0 Å². The van der Waals surface area contributed by atoms with Gasteiger partial charge in [-0.2, -0.15) is 0 Å². The minimum absolute atomic E-state index is 0.0566. The lowest BCUT2D eigenvalue weighted by Crippen LogP contribution is -2.49. The number of nitrogens with zero attached hydrogens (tertiary/aromatic N) is 1. The Bertz CT molecular complexity index is 332. The van der Waals surface area contributed by atoms with Crippen molar-refractivity contribution < 1.29 is 9.53 Å². The molecule has 2 fully saturated rings. The molecule has 0 aromatic heterocycles. The van der Waals surface area contributed by atoms with Crippen LogP contribution in [0.2, 0.25) is 0 Å². The summed E-state index contributed by atoms with van der Waals surface area (Å²) in [4.78, 5) is 14.2. The largest absolute Gasteiger partial charge is 0.376 e. The number of urea groups is 1. The zero-order valence-electron chi connectivity index (χ0n) is 12.5. The number of carbonyl (C=O) groups excluding carboxylic acids is 1. The van der Waals surface area contributed by atoms with Gasteiger partial charge in [-0.05, 0) is 32.6 Å². The molecule has 0 aliphatic carbocycles. The Labute approximate surface area is 121 Å². The number of piperidine rings is 1. The van der Waals surface area contributed by atoms with Gasteiger partial charge in [-0.3, -0.25) is 4.90 Å². The third kappa shape index (κ3) is 5.13. The molecule has 20 heavy (non-hydrogen) atoms. The molecule has 2 heterocycles. The van der Waals surface area contributed by atoms with Crippen molar-refractivity contribution in [1.82, 2.24) is 15.5 Å². The fraction of sp³-hybridized carbons (Fsp3) is 0.800. The number of amides is 2. The van der Waals surface area contributed by atoms with Crippen molar-refractivity contribution in [2.24, 2.45) is 0 Å². The molecule has 5 heteroatoms. The maximum atomic E-state index is 11.8. The first-order valence-corrected chi connectivity index (χ1v) is 7.66. The number of rotatable bonds is 5. The Morgan fingerprint density at radius 3 is 2.70 bits per heavy atom. The smallest absolute Gasteiger partial charge is 0.315 e. The molecule has 0 aromatic carbocycles. The van der Waals surface area contributed by atoms with E-state index in [2.05, 4.69) is 29.0 Å². The Morgan fingerprint density at radius 1 is 1.35 bits per heavy atom. The fourth-order valence-corrected chi connectivity index (χ4v) is 2.87. The van der Waals surface area contributed by atoms with Gasteiger partial charge < -0.3 is 15.4 Å². The number of carbonyl (C=O) groups is 1. The van der Waals surface area contributed by atoms with E-state index in [0.717, 1.165) is 51.9 Å². The summed E-state index contributed by atoms with van der Waals surface area (Å²) in [6, 6.07) is 0.236. The summed E-state index contributed by atoms with van der Waals surface area (Å²) in [7, 11) is 0. The first-order chi connectivity index (χ1) is 9.63. The average Bonchev–Trinajstić information content (AvgIpc) is 2.91. The zero-order valence-corrected chi connectivity index (χ0v) is 12.5. The Morgan fingerprint density at radius 2 is 2.10 bits per heavy atom. The van der Waals surface area contributed by atoms with Crippen molar-refractivity contribution in [1.29, 1.82) is 0 Å². The number of hydrogen-bond donors (Lipinski definition) is 2. The van der Waals surface area contributed by atoms with Crippen molar-refractivity contribution >= 4 is 6.03 Å². The van der Waals surface area contributed by atoms with Crippen LogP contribution in [0.15, 0.2) is 12.2 Å². The second-order valence-electron chi connectivity index (χ2n) is 6.00. The van der Waals surface area contributed by atoms with E-state index in [0.29, 0.717) is 12.6 Å². The first-order valence-electron chi connectivity index (χ1n) is 7.66. The third-order valence-electron chi connectivity index (χ3n) is 3.93. The zero-order chi connectivity index (χ0) is 14.4. The van der Waals surface area contributed by atoms with Gasteiger partial charge >= 0.3 is 6.03 Å². The van der Waals surface area contributed by atoms with E-state index in [1.54, 1.807) is 0 Å². The van der Waals surface area contributed by atoms with E-state index in [9.17, 15) is 4.79 Å². The molecule has 0 radical (unpaired) electrons. The van der Waals surface area contributed by atoms with Crippen LogP contribution in [0, 0.1) is 0 Å². The quantitative estimate of drug-likeness (QED) is 0.751. The van der Waals surface area contributed by atoms with Gasteiger partial charge in [0.05, 0.1) is 6.10 Å². The van der Waals surface area contributed by atoms with Gasteiger partial charge in [-0.15, -0.1) is 0 Å². The molecule has 1 unspecified atom stereocenters. The minimum Gasteiger partial charge on any atom is -0.376 e. The second-order valence-corrected chi connectivity index (χ2v) is 6.00. The van der Waals surface area contributed by atoms with Crippen LogP contribution in [0.3, 0.4) is 0 Å². The van der Waals surface area contributed by atoms with Gasteiger partial charge in [-0.25, -0.2) is 4.79 Å². The average molecular weight is 281 g/mol. The SMILES string of the molecule is C=C(C)CN1CCC(NC(=O)NCC2CCCO2)CC1. The van der Waals surface area contributed by atoms with E-state index < -0.39 is 0 Å². The summed E-state index contributed by atoms with van der Waals surface area (Å²) in [5.41, 5.74) is 1.20. The standard InChI is InChI=1S/C15H27N3O2/c1-12(2)11-18-7-5-13(6-8-18)17-15(19)16-10-14-4-3-9-20-14/h13-14H,1,3-11H2,2H3,(H2,16,17,19). The maximum absolute atomic E-state index is 11.8. The van der Waals surface area contributed by atoms with Crippen molar-refractivity contribution in [2.75, 3.05) is 32.8 Å². The highest BCUT2D eigenvalue weighted by atomic mass is 16.5. The highest BCUT2D eigenvalue weighted by molar-refractivity contribution is 5.74. The van der Waals surface area contributed by atoms with Crippen molar-refractivity contribution in [3.63, 3.8) is 0 Å². The van der Waals surface area contributed by atoms with Crippen LogP contribution < -0.4 is 10.6 Å². The molecule has 0 spiro atoms. The van der Waals surface area contributed by atoms with Crippen LogP contribution in [-0.2, 0) is 4.74 Å². The summed E-state index contributed by atoms with van der Waals surface area (Å²) in [6.45, 7) is 10.5. The highest BCUT2D eigenvalue weighted by Gasteiger charge is 2.21. The number of hydrogen-bond acceptors (Lipinski definition) is 3. The molecule has 2 saturated heterocycles. The molecular weight excluding hydrogens is 254 g/mol. The fourth-order valence-electron chi connectivity index (χ4n) is 2.87. The monoisotopic (exact) mass is 281 g/mol. The molecular formula is C15H27N3O2. The lowest BCUT2D eigenvalue weighted by Gasteiger charge is -2.32. The van der Waals surface area contributed by atoms with Crippen LogP contribution in [-0.4, -0.2) is 55.9 Å². The van der Waals surface area contributed by atoms with Crippen molar-refractivity contribution in [2.45, 2.75) is 44.8 Å². The first kappa shape index (κ1) is 15.3. The van der Waals surface area contributed by atoms with Gasteiger partial charge in [0.2, 0.25) is 0 Å². The van der Waals surface area contributed by atoms with Gasteiger partial charge in [0.15, 0.2) is 0 Å². The van der Waals surface area contributed by atoms with Gasteiger partial charge in [-0.1, -0.05) is 12.2 Å². The summed E-state index contributed by atoms with van der Waals surface area (Å²) < 4.78 is 5.49. The Hall–Kier alpha value is -1.07. The van der Waals surface area contributed by atoms with Crippen LogP contribution in [0.5, 0.6) is 0 Å². The molecule has 114 valence electrons. The molecule has 1 atom stereocenters. The molecule has 5 nitrogen and oxygen atoms in total. The highest BCUT2D eigenvalue weighted by Crippen LogP contribution is 2.12. The predicted octanol–water partition coefficient (Wildman–Crippen LogP) is 1.51. The van der Waals surface area contributed by atoms with Crippen molar-refractivity contribution in [3.8, 4) is 0 Å². The van der Waals surface area contributed by atoms with E-state index in [1.165, 1.54) is 5.57 Å². The van der Waals surface area contributed by atoms with Gasteiger partial charge in [0, 0.05) is 38.8 Å². The molecule has 0 saturated carbocycles. The van der Waals surface area contributed by atoms with Crippen LogP contribution in [0.1, 0.15) is 32.6 Å². The normalized spacial score (nSPS) is 24.6. The third-order valence-corrected chi connectivity index (χ3v) is 3.93. The van der Waals surface area contributed by atoms with E-state index in [4.69, 9.17) is 4.74 Å². The molecule has 2 amide bonds. The molecule has 2 aliphatic rings. The molecule has 0 aromatic rings. The summed E-state index contributed by atoms with van der Waals surface area (Å²) in [5.74, 6) is 0. The number of ether oxygens (including phenoxy) is 1. The maximum Gasteiger partial charge on any atom is 0.315 e. The summed E-state index contributed by atoms with van der Waals surface area (Å²) >= 11 is 0. The molecule has 2 N–H and O–H groups in total.